The summed E-state index contributed by atoms with van der Waals surface area (Å²) in [6.07, 6.45) is 1.01. The predicted octanol–water partition coefficient (Wildman–Crippen LogP) is 1.99. The Bertz CT molecular complexity index is 779. The van der Waals surface area contributed by atoms with Gasteiger partial charge in [-0.1, -0.05) is 0 Å². The second-order valence-electron chi connectivity index (χ2n) is 4.66. The van der Waals surface area contributed by atoms with Crippen molar-refractivity contribution >= 4 is 61.7 Å². The summed E-state index contributed by atoms with van der Waals surface area (Å²) >= 11 is 0.475. The molecule has 1 aromatic heterocycles. The Kier molecular flexibility index (Phi) is 3.32. The van der Waals surface area contributed by atoms with E-state index in [1.54, 1.807) is 0 Å². The molecule has 0 atom stereocenters. The van der Waals surface area contributed by atoms with Crippen LogP contribution in [0.2, 0.25) is 0 Å². The SMILES string of the molecule is O=Cc1[se]ccc1N1c2ccccc2[Se]c2ccccc21. The first-order chi connectivity index (χ1) is 10.4. The van der Waals surface area contributed by atoms with Gasteiger partial charge in [0.25, 0.3) is 0 Å². The first-order valence-electron chi connectivity index (χ1n) is 6.57. The van der Waals surface area contributed by atoms with Crippen LogP contribution in [0.3, 0.4) is 0 Å². The molecule has 0 saturated carbocycles. The van der Waals surface area contributed by atoms with E-state index in [0.29, 0.717) is 15.0 Å². The van der Waals surface area contributed by atoms with Crippen LogP contribution in [-0.2, 0) is 0 Å². The van der Waals surface area contributed by atoms with Crippen molar-refractivity contribution in [1.29, 1.82) is 0 Å². The summed E-state index contributed by atoms with van der Waals surface area (Å²) in [5.74, 6) is 0. The molecular formula is C17H11NOSe2. The molecule has 0 radical (unpaired) electrons. The predicted molar refractivity (Wildman–Crippen MR) is 88.5 cm³/mol. The molecule has 4 heteroatoms. The van der Waals surface area contributed by atoms with Crippen LogP contribution in [0.5, 0.6) is 0 Å². The molecule has 2 nitrogen and oxygen atoms in total. The number of para-hydroxylation sites is 2. The molecule has 1 aliphatic heterocycles. The van der Waals surface area contributed by atoms with Crippen LogP contribution in [-0.4, -0.2) is 35.7 Å². The Morgan fingerprint density at radius 2 is 1.43 bits per heavy atom. The van der Waals surface area contributed by atoms with Crippen LogP contribution < -0.4 is 13.8 Å². The molecule has 3 aromatic rings. The molecule has 0 spiro atoms. The molecular weight excluding hydrogens is 392 g/mol. The van der Waals surface area contributed by atoms with E-state index in [1.807, 2.05) is 0 Å². The molecule has 0 saturated heterocycles. The number of fused-ring (bicyclic) bond motifs is 2. The van der Waals surface area contributed by atoms with Gasteiger partial charge in [-0.05, 0) is 0 Å². The van der Waals surface area contributed by atoms with E-state index in [9.17, 15) is 4.79 Å². The molecule has 0 bridgehead atoms. The quantitative estimate of drug-likeness (QED) is 0.377. The number of rotatable bonds is 2. The average Bonchev–Trinajstić information content (AvgIpc) is 3.00. The summed E-state index contributed by atoms with van der Waals surface area (Å²) in [7, 11) is 0. The summed E-state index contributed by atoms with van der Waals surface area (Å²) < 4.78 is 3.66. The van der Waals surface area contributed by atoms with Gasteiger partial charge in [0, 0.05) is 0 Å². The number of hydrogen-bond acceptors (Lipinski definition) is 2. The number of aldehydes is 1. The van der Waals surface area contributed by atoms with E-state index < -0.39 is 0 Å². The fourth-order valence-electron chi connectivity index (χ4n) is 2.55. The fraction of sp³-hybridized carbons (Fsp3) is 0. The summed E-state index contributed by atoms with van der Waals surface area (Å²) in [5.41, 5.74) is 3.47. The molecule has 0 N–H and O–H groups in total. The van der Waals surface area contributed by atoms with Crippen LogP contribution >= 0.6 is 0 Å². The van der Waals surface area contributed by atoms with Crippen LogP contribution in [0, 0.1) is 0 Å². The van der Waals surface area contributed by atoms with Gasteiger partial charge in [-0.15, -0.1) is 0 Å². The molecule has 4 rings (SSSR count). The number of anilines is 3. The van der Waals surface area contributed by atoms with Gasteiger partial charge in [-0.2, -0.15) is 0 Å². The average molecular weight is 403 g/mol. The van der Waals surface area contributed by atoms with Crippen molar-refractivity contribution in [3.8, 4) is 0 Å². The fourth-order valence-corrected chi connectivity index (χ4v) is 6.20. The van der Waals surface area contributed by atoms with Gasteiger partial charge in [-0.25, -0.2) is 0 Å². The van der Waals surface area contributed by atoms with Crippen LogP contribution in [0.1, 0.15) is 9.23 Å². The van der Waals surface area contributed by atoms with E-state index in [0.717, 1.165) is 16.4 Å². The zero-order chi connectivity index (χ0) is 14.2. The number of benzene rings is 2. The maximum atomic E-state index is 11.4. The summed E-state index contributed by atoms with van der Waals surface area (Å²) in [4.78, 5) is 15.8. The second-order valence-corrected chi connectivity index (χ2v) is 8.92. The van der Waals surface area contributed by atoms with Crippen LogP contribution in [0.25, 0.3) is 0 Å². The third kappa shape index (κ3) is 2.12. The van der Waals surface area contributed by atoms with Gasteiger partial charge in [-0.3, -0.25) is 0 Å². The Hall–Kier alpha value is -1.57. The minimum atomic E-state index is 0.156. The molecule has 0 amide bonds. The monoisotopic (exact) mass is 405 g/mol. The Morgan fingerprint density at radius 3 is 2.05 bits per heavy atom. The van der Waals surface area contributed by atoms with E-state index in [-0.39, 0.29) is 14.5 Å². The van der Waals surface area contributed by atoms with E-state index >= 15 is 0 Å². The Morgan fingerprint density at radius 1 is 0.810 bits per heavy atom. The number of hydrogen-bond donors (Lipinski definition) is 0. The summed E-state index contributed by atoms with van der Waals surface area (Å²) in [6.45, 7) is 0. The van der Waals surface area contributed by atoms with E-state index in [2.05, 4.69) is 64.4 Å². The maximum absolute atomic E-state index is 11.4. The van der Waals surface area contributed by atoms with Crippen molar-refractivity contribution < 1.29 is 4.79 Å². The normalized spacial score (nSPS) is 12.7. The Labute approximate surface area is 135 Å². The summed E-state index contributed by atoms with van der Waals surface area (Å²) in [6, 6.07) is 19.1. The second kappa shape index (κ2) is 5.32. The van der Waals surface area contributed by atoms with E-state index in [4.69, 9.17) is 0 Å². The van der Waals surface area contributed by atoms with Gasteiger partial charge in [0.1, 0.15) is 0 Å². The van der Waals surface area contributed by atoms with Crippen LogP contribution in [0.15, 0.2) is 59.5 Å². The van der Waals surface area contributed by atoms with Gasteiger partial charge in [0.05, 0.1) is 0 Å². The van der Waals surface area contributed by atoms with Gasteiger partial charge in [0.2, 0.25) is 0 Å². The molecule has 2 aromatic carbocycles. The van der Waals surface area contributed by atoms with Gasteiger partial charge in [0.15, 0.2) is 0 Å². The van der Waals surface area contributed by atoms with Gasteiger partial charge < -0.3 is 0 Å². The van der Waals surface area contributed by atoms with Crippen molar-refractivity contribution in [2.45, 2.75) is 0 Å². The van der Waals surface area contributed by atoms with Crippen molar-refractivity contribution in [1.82, 2.24) is 0 Å². The van der Waals surface area contributed by atoms with Crippen molar-refractivity contribution in [3.05, 3.63) is 64.0 Å². The van der Waals surface area contributed by atoms with E-state index in [1.165, 1.54) is 20.3 Å². The molecule has 102 valence electrons. The first kappa shape index (κ1) is 13.1. The zero-order valence-electron chi connectivity index (χ0n) is 11.0. The molecule has 0 fully saturated rings. The number of carbonyl (C=O) groups excluding carboxylic acids is 1. The van der Waals surface area contributed by atoms with Crippen molar-refractivity contribution in [2.75, 3.05) is 4.90 Å². The minimum absolute atomic E-state index is 0.156. The third-order valence-corrected chi connectivity index (χ3v) is 7.57. The number of nitrogens with zero attached hydrogens (tertiary/aromatic N) is 1. The molecule has 21 heavy (non-hydrogen) atoms. The molecule has 2 heterocycles. The topological polar surface area (TPSA) is 20.3 Å². The van der Waals surface area contributed by atoms with Gasteiger partial charge >= 0.3 is 135 Å². The standard InChI is InChI=1S/C17H11NOSe2/c19-11-17-14(9-10-20-17)18-12-5-1-3-7-15(12)21-16-8-4-2-6-13(16)18/h1-11H. The summed E-state index contributed by atoms with van der Waals surface area (Å²) in [5, 5.41) is 0. The zero-order valence-corrected chi connectivity index (χ0v) is 14.4. The van der Waals surface area contributed by atoms with Crippen LogP contribution in [0.4, 0.5) is 17.1 Å². The molecule has 0 unspecified atom stereocenters. The molecule has 1 aliphatic rings. The molecule has 0 aliphatic carbocycles. The first-order valence-corrected chi connectivity index (χ1v) is 10.1. The number of carbonyl (C=O) groups is 1. The van der Waals surface area contributed by atoms with Crippen molar-refractivity contribution in [3.63, 3.8) is 0 Å². The Balaban J connectivity index is 2.00. The third-order valence-electron chi connectivity index (χ3n) is 3.45. The van der Waals surface area contributed by atoms with Crippen molar-refractivity contribution in [2.24, 2.45) is 0 Å².